The number of aromatic nitrogens is 8. The quantitative estimate of drug-likeness (QED) is 0.361. The van der Waals surface area contributed by atoms with Crippen LogP contribution < -0.4 is 0 Å². The van der Waals surface area contributed by atoms with Crippen molar-refractivity contribution in [2.24, 2.45) is 7.05 Å². The van der Waals surface area contributed by atoms with Crippen LogP contribution in [0.3, 0.4) is 0 Å². The third-order valence-corrected chi connectivity index (χ3v) is 7.03. The first-order valence-corrected chi connectivity index (χ1v) is 11.5. The molecule has 0 N–H and O–H groups in total. The summed E-state index contributed by atoms with van der Waals surface area (Å²) in [4.78, 5) is 12.1. The first kappa shape index (κ1) is 20.2. The van der Waals surface area contributed by atoms with Gasteiger partial charge in [-0.05, 0) is 35.4 Å². The lowest BCUT2D eigenvalue weighted by Gasteiger charge is -2.08. The average molecular weight is 474 g/mol. The van der Waals surface area contributed by atoms with Crippen LogP contribution in [0, 0.1) is 5.95 Å². The number of rotatable bonds is 4. The minimum Gasteiger partial charge on any atom is -0.288 e. The molecule has 0 fully saturated rings. The standard InChI is InChI=1S/C22H15FN8O2S/c1-29-12-17(9-27-29)16-6-19-18(25-8-16)10-28-31(19)34(32,33)22-11-26-21-3-2-15(13-30(21)22)14-4-5-24-20(23)7-14/h2-13H,1H3. The van der Waals surface area contributed by atoms with E-state index in [4.69, 9.17) is 0 Å². The van der Waals surface area contributed by atoms with Crippen molar-refractivity contribution < 1.29 is 12.8 Å². The number of fused-ring (bicyclic) bond motifs is 2. The maximum absolute atomic E-state index is 13.7. The molecule has 0 aliphatic rings. The van der Waals surface area contributed by atoms with Gasteiger partial charge in [0, 0.05) is 49.0 Å². The van der Waals surface area contributed by atoms with Crippen LogP contribution >= 0.6 is 0 Å². The number of hydrogen-bond donors (Lipinski definition) is 0. The molecule has 0 aliphatic heterocycles. The zero-order valence-electron chi connectivity index (χ0n) is 17.6. The molecule has 0 spiro atoms. The molecule has 0 bridgehead atoms. The Morgan fingerprint density at radius 1 is 0.824 bits per heavy atom. The van der Waals surface area contributed by atoms with Gasteiger partial charge in [-0.1, -0.05) is 0 Å². The minimum atomic E-state index is -4.15. The van der Waals surface area contributed by atoms with Crippen LogP contribution in [0.5, 0.6) is 0 Å². The molecule has 12 heteroatoms. The zero-order valence-corrected chi connectivity index (χ0v) is 18.4. The summed E-state index contributed by atoms with van der Waals surface area (Å²) in [5.74, 6) is -0.629. The largest absolute Gasteiger partial charge is 0.301 e. The first-order valence-electron chi connectivity index (χ1n) is 10.1. The molecule has 34 heavy (non-hydrogen) atoms. The molecule has 0 aromatic carbocycles. The van der Waals surface area contributed by atoms with Crippen molar-refractivity contribution in [2.75, 3.05) is 0 Å². The van der Waals surface area contributed by atoms with Gasteiger partial charge < -0.3 is 0 Å². The van der Waals surface area contributed by atoms with E-state index >= 15 is 0 Å². The first-order chi connectivity index (χ1) is 16.4. The Morgan fingerprint density at radius 3 is 2.50 bits per heavy atom. The molecule has 0 radical (unpaired) electrons. The molecule has 10 nitrogen and oxygen atoms in total. The topological polar surface area (TPSA) is 113 Å². The van der Waals surface area contributed by atoms with Crippen LogP contribution in [0.1, 0.15) is 0 Å². The Balaban J connectivity index is 1.51. The highest BCUT2D eigenvalue weighted by atomic mass is 32.2. The zero-order chi connectivity index (χ0) is 23.4. The summed E-state index contributed by atoms with van der Waals surface area (Å²) < 4.78 is 45.0. The molecular formula is C22H15FN8O2S. The van der Waals surface area contributed by atoms with Crippen molar-refractivity contribution in [3.8, 4) is 22.3 Å². The Labute approximate surface area is 192 Å². The van der Waals surface area contributed by atoms with Crippen molar-refractivity contribution in [3.05, 3.63) is 79.7 Å². The molecular weight excluding hydrogens is 459 g/mol. The lowest BCUT2D eigenvalue weighted by molar-refractivity contribution is 0.577. The highest BCUT2D eigenvalue weighted by molar-refractivity contribution is 7.90. The van der Waals surface area contributed by atoms with Crippen LogP contribution in [-0.4, -0.2) is 46.7 Å². The lowest BCUT2D eigenvalue weighted by Crippen LogP contribution is -2.16. The van der Waals surface area contributed by atoms with Gasteiger partial charge in [-0.2, -0.15) is 27.1 Å². The lowest BCUT2D eigenvalue weighted by atomic mass is 10.1. The maximum Gasteiger partial charge on any atom is 0.301 e. The maximum atomic E-state index is 13.7. The Morgan fingerprint density at radius 2 is 1.71 bits per heavy atom. The summed E-state index contributed by atoms with van der Waals surface area (Å²) in [6.45, 7) is 0. The Bertz CT molecular complexity index is 1820. The van der Waals surface area contributed by atoms with Gasteiger partial charge in [0.2, 0.25) is 5.95 Å². The molecule has 0 atom stereocenters. The van der Waals surface area contributed by atoms with Gasteiger partial charge in [0.05, 0.1) is 18.6 Å². The number of pyridine rings is 3. The smallest absolute Gasteiger partial charge is 0.288 e. The normalized spacial score (nSPS) is 12.1. The number of nitrogens with zero attached hydrogens (tertiary/aromatic N) is 8. The minimum absolute atomic E-state index is 0.0874. The monoisotopic (exact) mass is 474 g/mol. The van der Waals surface area contributed by atoms with Gasteiger partial charge in [0.25, 0.3) is 0 Å². The van der Waals surface area contributed by atoms with E-state index in [1.165, 1.54) is 29.1 Å². The van der Waals surface area contributed by atoms with Crippen LogP contribution in [-0.2, 0) is 17.1 Å². The highest BCUT2D eigenvalue weighted by Crippen LogP contribution is 2.26. The van der Waals surface area contributed by atoms with E-state index in [2.05, 4.69) is 25.1 Å². The Kier molecular flexibility index (Phi) is 4.32. The van der Waals surface area contributed by atoms with Crippen molar-refractivity contribution in [2.45, 2.75) is 5.03 Å². The van der Waals surface area contributed by atoms with Gasteiger partial charge in [-0.3, -0.25) is 14.1 Å². The second kappa shape index (κ2) is 7.28. The molecule has 0 saturated carbocycles. The van der Waals surface area contributed by atoms with E-state index < -0.39 is 16.0 Å². The third-order valence-electron chi connectivity index (χ3n) is 5.45. The van der Waals surface area contributed by atoms with Gasteiger partial charge >= 0.3 is 10.0 Å². The van der Waals surface area contributed by atoms with E-state index in [1.54, 1.807) is 54.6 Å². The fourth-order valence-corrected chi connectivity index (χ4v) is 5.13. The summed E-state index contributed by atoms with van der Waals surface area (Å²) in [6, 6.07) is 8.02. The second-order valence-corrected chi connectivity index (χ2v) is 9.35. The van der Waals surface area contributed by atoms with Gasteiger partial charge in [0.15, 0.2) is 5.03 Å². The van der Waals surface area contributed by atoms with E-state index in [0.717, 1.165) is 9.65 Å². The molecule has 6 aromatic heterocycles. The molecule has 6 rings (SSSR count). The van der Waals surface area contributed by atoms with Gasteiger partial charge in [0.1, 0.15) is 16.7 Å². The third kappa shape index (κ3) is 3.15. The molecule has 6 aromatic rings. The van der Waals surface area contributed by atoms with E-state index in [0.29, 0.717) is 33.4 Å². The fraction of sp³-hybridized carbons (Fsp3) is 0.0455. The van der Waals surface area contributed by atoms with Crippen molar-refractivity contribution in [1.29, 1.82) is 0 Å². The number of imidazole rings is 1. The summed E-state index contributed by atoms with van der Waals surface area (Å²) >= 11 is 0. The van der Waals surface area contributed by atoms with Crippen LogP contribution in [0.4, 0.5) is 4.39 Å². The molecule has 0 aliphatic carbocycles. The SMILES string of the molecule is Cn1cc(-c2cnc3cnn(S(=O)(=O)c4cnc5ccc(-c6ccnc(F)c6)cn45)c3c2)cn1. The second-order valence-electron chi connectivity index (χ2n) is 7.63. The summed E-state index contributed by atoms with van der Waals surface area (Å²) in [5.41, 5.74) is 3.84. The molecule has 168 valence electrons. The number of aryl methyl sites for hydroxylation is 1. The number of halogens is 1. The average Bonchev–Trinajstić information content (AvgIpc) is 3.56. The Hall–Kier alpha value is -4.45. The van der Waals surface area contributed by atoms with Crippen molar-refractivity contribution >= 4 is 26.7 Å². The van der Waals surface area contributed by atoms with Gasteiger partial charge in [-0.25, -0.2) is 9.97 Å². The molecule has 0 saturated heterocycles. The predicted molar refractivity (Wildman–Crippen MR) is 121 cm³/mol. The van der Waals surface area contributed by atoms with E-state index in [9.17, 15) is 12.8 Å². The van der Waals surface area contributed by atoms with Crippen molar-refractivity contribution in [1.82, 2.24) is 38.3 Å². The van der Waals surface area contributed by atoms with Crippen LogP contribution in [0.15, 0.2) is 78.7 Å². The molecule has 0 unspecified atom stereocenters. The summed E-state index contributed by atoms with van der Waals surface area (Å²) in [6.07, 6.45) is 10.7. The van der Waals surface area contributed by atoms with Crippen LogP contribution in [0.2, 0.25) is 0 Å². The summed E-state index contributed by atoms with van der Waals surface area (Å²) in [5, 5.41) is 8.18. The fourth-order valence-electron chi connectivity index (χ4n) is 3.80. The predicted octanol–water partition coefficient (Wildman–Crippen LogP) is 2.92. The van der Waals surface area contributed by atoms with Gasteiger partial charge in [-0.15, -0.1) is 0 Å². The molecule has 0 amide bonds. The summed E-state index contributed by atoms with van der Waals surface area (Å²) in [7, 11) is -2.35. The van der Waals surface area contributed by atoms with Crippen LogP contribution in [0.25, 0.3) is 38.9 Å². The van der Waals surface area contributed by atoms with E-state index in [1.807, 2.05) is 6.20 Å². The highest BCUT2D eigenvalue weighted by Gasteiger charge is 2.25. The molecule has 6 heterocycles. The van der Waals surface area contributed by atoms with E-state index in [-0.39, 0.29) is 5.03 Å². The van der Waals surface area contributed by atoms with Crippen molar-refractivity contribution in [3.63, 3.8) is 0 Å². The number of hydrogen-bond acceptors (Lipinski definition) is 7.